The Morgan fingerprint density at radius 1 is 0.571 bits per heavy atom. The third-order valence-corrected chi connectivity index (χ3v) is 0.500. The van der Waals surface area contributed by atoms with Crippen molar-refractivity contribution in [2.75, 3.05) is 0 Å². The minimum absolute atomic E-state index is 0. The molecule has 0 aromatic carbocycles. The second kappa shape index (κ2) is 148. The predicted molar refractivity (Wildman–Crippen MR) is 81.3 cm³/mol. The van der Waals surface area contributed by atoms with Crippen molar-refractivity contribution in [3.63, 3.8) is 0 Å². The Labute approximate surface area is 96.5 Å². The maximum absolute atomic E-state index is 3.36. The van der Waals surface area contributed by atoms with Crippen molar-refractivity contribution in [1.29, 1.82) is 0 Å². The third-order valence-electron chi connectivity index (χ3n) is 0.500. The van der Waals surface area contributed by atoms with Crippen LogP contribution >= 0.6 is 0 Å². The first-order chi connectivity index (χ1) is 3.83. The van der Waals surface area contributed by atoms with Crippen LogP contribution in [0.5, 0.6) is 0 Å². The summed E-state index contributed by atoms with van der Waals surface area (Å²) in [5, 5.41) is 0. The van der Waals surface area contributed by atoms with Crippen LogP contribution in [0, 0.1) is 0 Å². The van der Waals surface area contributed by atoms with Crippen molar-refractivity contribution < 1.29 is 0 Å². The van der Waals surface area contributed by atoms with E-state index in [9.17, 15) is 0 Å². The van der Waals surface area contributed by atoms with Crippen LogP contribution in [0.15, 0.2) is 37.5 Å². The first kappa shape index (κ1) is 72.4. The molecule has 0 bridgehead atoms. The Morgan fingerprint density at radius 2 is 0.714 bits per heavy atom. The second-order valence-electron chi connectivity index (χ2n) is 1.14. The van der Waals surface area contributed by atoms with E-state index in [1.54, 1.807) is 12.2 Å². The van der Waals surface area contributed by atoms with Crippen molar-refractivity contribution in [2.24, 2.45) is 0 Å². The van der Waals surface area contributed by atoms with E-state index in [2.05, 4.69) is 13.2 Å². The Morgan fingerprint density at radius 3 is 0.714 bits per heavy atom. The predicted octanol–water partition coefficient (Wildman–Crippen LogP) is 6.76. The molecule has 14 heavy (non-hydrogen) atoms. The highest BCUT2D eigenvalue weighted by Crippen LogP contribution is 1.57. The van der Waals surface area contributed by atoms with Crippen LogP contribution in [-0.2, 0) is 0 Å². The summed E-state index contributed by atoms with van der Waals surface area (Å²) < 4.78 is 0. The van der Waals surface area contributed by atoms with Gasteiger partial charge in [-0.15, -0.1) is 0 Å². The lowest BCUT2D eigenvalue weighted by molar-refractivity contribution is 1.64. The van der Waals surface area contributed by atoms with Crippen LogP contribution in [0.1, 0.15) is 58.4 Å². The van der Waals surface area contributed by atoms with Gasteiger partial charge in [0.05, 0.1) is 0 Å². The van der Waals surface area contributed by atoms with E-state index >= 15 is 0 Å². The molecule has 0 fully saturated rings. The van der Waals surface area contributed by atoms with Gasteiger partial charge in [-0.1, -0.05) is 82.0 Å². The molecule has 0 heterocycles. The van der Waals surface area contributed by atoms with E-state index in [4.69, 9.17) is 0 Å². The summed E-state index contributed by atoms with van der Waals surface area (Å²) in [6.07, 6.45) is 7.28. The SMILES string of the molecule is C.C.C.C.C.C.C=CC=C.CC=CC. The molecule has 0 rings (SSSR count). The Hall–Kier alpha value is -0.780. The average molecular weight is 206 g/mol. The lowest BCUT2D eigenvalue weighted by Gasteiger charge is -1.49. The Kier molecular flexibility index (Phi) is 768. The maximum atomic E-state index is 3.36. The van der Waals surface area contributed by atoms with Crippen LogP contribution in [0.4, 0.5) is 0 Å². The van der Waals surface area contributed by atoms with E-state index in [1.165, 1.54) is 0 Å². The summed E-state index contributed by atoms with van der Waals surface area (Å²) in [4.78, 5) is 0. The van der Waals surface area contributed by atoms with Gasteiger partial charge in [0, 0.05) is 0 Å². The molecule has 0 spiro atoms. The fourth-order valence-electron chi connectivity index (χ4n) is 0. The zero-order chi connectivity index (χ0) is 6.83. The summed E-state index contributed by atoms with van der Waals surface area (Å²) in [7, 11) is 0. The zero-order valence-electron chi connectivity index (χ0n) is 5.72. The molecule has 0 nitrogen and oxygen atoms in total. The summed E-state index contributed by atoms with van der Waals surface area (Å²) in [5.74, 6) is 0. The quantitative estimate of drug-likeness (QED) is 0.328. The largest absolute Gasteiger partial charge is 0.0991 e. The first-order valence-corrected chi connectivity index (χ1v) is 2.64. The third kappa shape index (κ3) is 787. The molecule has 0 amide bonds. The van der Waals surface area contributed by atoms with Gasteiger partial charge in [0.2, 0.25) is 0 Å². The fourth-order valence-corrected chi connectivity index (χ4v) is 0. The van der Waals surface area contributed by atoms with Crippen LogP contribution in [0.25, 0.3) is 0 Å². The molecule has 0 atom stereocenters. The molecular weight excluding hydrogens is 168 g/mol. The minimum atomic E-state index is 0. The molecule has 0 aromatic rings. The van der Waals surface area contributed by atoms with Crippen LogP contribution in [0.2, 0.25) is 0 Å². The first-order valence-electron chi connectivity index (χ1n) is 2.64. The van der Waals surface area contributed by atoms with Crippen molar-refractivity contribution in [1.82, 2.24) is 0 Å². The fraction of sp³-hybridized carbons (Fsp3) is 0.571. The highest BCUT2D eigenvalue weighted by Gasteiger charge is 1.34. The van der Waals surface area contributed by atoms with Crippen molar-refractivity contribution in [3.05, 3.63) is 37.5 Å². The van der Waals surface area contributed by atoms with Crippen LogP contribution < -0.4 is 0 Å². The lowest BCUT2D eigenvalue weighted by atomic mass is 10.6. The van der Waals surface area contributed by atoms with E-state index in [0.29, 0.717) is 0 Å². The molecule has 0 saturated carbocycles. The molecular formula is C14H38. The second-order valence-corrected chi connectivity index (χ2v) is 1.14. The molecule has 0 N–H and O–H groups in total. The standard InChI is InChI=1S/C4H8.C4H6.6CH4/c2*1-3-4-2;;;;;;/h3-4H,1-2H3;3-4H,1-2H2;6*1H4. The highest BCUT2D eigenvalue weighted by atomic mass is 13.4. The summed E-state index contributed by atoms with van der Waals surface area (Å²) in [5.41, 5.74) is 0. The van der Waals surface area contributed by atoms with Crippen molar-refractivity contribution >= 4 is 0 Å². The summed E-state index contributed by atoms with van der Waals surface area (Å²) >= 11 is 0. The lowest BCUT2D eigenvalue weighted by Crippen LogP contribution is -1.26. The van der Waals surface area contributed by atoms with Crippen molar-refractivity contribution in [3.8, 4) is 0 Å². The minimum Gasteiger partial charge on any atom is -0.0991 e. The molecule has 0 aliphatic rings. The normalized spacial score (nSPS) is 4.14. The topological polar surface area (TPSA) is 0 Å². The average Bonchev–Trinajstić information content (AvgIpc) is 1.88. The number of hydrogen-bond acceptors (Lipinski definition) is 0. The molecule has 0 aromatic heterocycles. The van der Waals surface area contributed by atoms with E-state index in [-0.39, 0.29) is 44.6 Å². The Bertz CT molecular complexity index is 58.1. The number of allylic oxidation sites excluding steroid dienone is 4. The van der Waals surface area contributed by atoms with Gasteiger partial charge in [-0.25, -0.2) is 0 Å². The highest BCUT2D eigenvalue weighted by molar-refractivity contribution is 4.88. The Balaban J connectivity index is -0.00000000600. The zero-order valence-corrected chi connectivity index (χ0v) is 5.72. The number of rotatable bonds is 1. The van der Waals surface area contributed by atoms with Gasteiger partial charge in [0.15, 0.2) is 0 Å². The van der Waals surface area contributed by atoms with E-state index in [0.717, 1.165) is 0 Å². The van der Waals surface area contributed by atoms with Crippen LogP contribution in [0.3, 0.4) is 0 Å². The smallest absolute Gasteiger partial charge is 0.0470 e. The number of hydrogen-bond donors (Lipinski definition) is 0. The van der Waals surface area contributed by atoms with Gasteiger partial charge in [0.25, 0.3) is 0 Å². The summed E-state index contributed by atoms with van der Waals surface area (Å²) in [6, 6.07) is 0. The monoisotopic (exact) mass is 206 g/mol. The van der Waals surface area contributed by atoms with E-state index < -0.39 is 0 Å². The molecule has 0 heteroatoms. The van der Waals surface area contributed by atoms with Gasteiger partial charge in [-0.3, -0.25) is 0 Å². The van der Waals surface area contributed by atoms with Gasteiger partial charge in [-0.2, -0.15) is 0 Å². The molecule has 94 valence electrons. The van der Waals surface area contributed by atoms with Crippen LogP contribution in [-0.4, -0.2) is 0 Å². The molecule has 0 unspecified atom stereocenters. The van der Waals surface area contributed by atoms with Gasteiger partial charge in [-0.05, 0) is 13.8 Å². The molecule has 0 saturated heterocycles. The van der Waals surface area contributed by atoms with Gasteiger partial charge >= 0.3 is 0 Å². The molecule has 0 aliphatic carbocycles. The van der Waals surface area contributed by atoms with E-state index in [1.807, 2.05) is 26.0 Å². The van der Waals surface area contributed by atoms with Crippen molar-refractivity contribution in [2.45, 2.75) is 58.4 Å². The van der Waals surface area contributed by atoms with Gasteiger partial charge in [0.1, 0.15) is 0 Å². The summed E-state index contributed by atoms with van der Waals surface area (Å²) in [6.45, 7) is 10.7. The maximum Gasteiger partial charge on any atom is -0.0470 e. The molecule has 0 radical (unpaired) electrons. The molecule has 0 aliphatic heterocycles. The van der Waals surface area contributed by atoms with Gasteiger partial charge < -0.3 is 0 Å².